The molecule has 7 nitrogen and oxygen atoms in total. The molecular weight excluding hydrogens is 400 g/mol. The zero-order valence-corrected chi connectivity index (χ0v) is 18.1. The Bertz CT molecular complexity index is 1070. The van der Waals surface area contributed by atoms with Crippen LogP contribution >= 0.6 is 11.8 Å². The third-order valence-electron chi connectivity index (χ3n) is 5.02. The average Bonchev–Trinajstić information content (AvgIpc) is 2.96. The molecule has 3 amide bonds. The predicted molar refractivity (Wildman–Crippen MR) is 115 cm³/mol. The van der Waals surface area contributed by atoms with Crippen LogP contribution in [0.5, 0.6) is 0 Å². The Morgan fingerprint density at radius 3 is 2.53 bits per heavy atom. The second kappa shape index (κ2) is 8.67. The Morgan fingerprint density at radius 2 is 1.97 bits per heavy atom. The quantitative estimate of drug-likeness (QED) is 0.740. The number of hydrogen-bond donors (Lipinski definition) is 1. The molecule has 8 heteroatoms. The normalized spacial score (nSPS) is 16.0. The van der Waals surface area contributed by atoms with Gasteiger partial charge in [0.25, 0.3) is 0 Å². The van der Waals surface area contributed by atoms with Crippen LogP contribution in [-0.4, -0.2) is 28.0 Å². The third kappa shape index (κ3) is 4.07. The highest BCUT2D eigenvalue weighted by Gasteiger charge is 2.41. The summed E-state index contributed by atoms with van der Waals surface area (Å²) in [5.41, 5.74) is 4.23. The van der Waals surface area contributed by atoms with Crippen LogP contribution in [0.15, 0.2) is 29.3 Å². The molecule has 30 heavy (non-hydrogen) atoms. The molecule has 1 fully saturated rings. The monoisotopic (exact) mass is 422 g/mol. The van der Waals surface area contributed by atoms with Crippen molar-refractivity contribution in [2.75, 3.05) is 10.2 Å². The van der Waals surface area contributed by atoms with Crippen molar-refractivity contribution in [3.8, 4) is 6.07 Å². The van der Waals surface area contributed by atoms with Crippen molar-refractivity contribution in [2.24, 2.45) is 0 Å². The molecule has 1 aromatic carbocycles. The molecule has 0 bridgehead atoms. The fourth-order valence-electron chi connectivity index (χ4n) is 3.60. The molecule has 1 aliphatic rings. The van der Waals surface area contributed by atoms with Gasteiger partial charge in [-0.1, -0.05) is 18.7 Å². The number of pyridine rings is 1. The first kappa shape index (κ1) is 21.5. The van der Waals surface area contributed by atoms with E-state index in [1.165, 1.54) is 18.7 Å². The maximum Gasteiger partial charge on any atom is 0.247 e. The highest BCUT2D eigenvalue weighted by atomic mass is 32.2. The Balaban J connectivity index is 1.85. The summed E-state index contributed by atoms with van der Waals surface area (Å²) in [6.07, 6.45) is 0.810. The minimum Gasteiger partial charge on any atom is -0.326 e. The molecule has 154 valence electrons. The van der Waals surface area contributed by atoms with Crippen LogP contribution in [-0.2, 0) is 20.8 Å². The smallest absolute Gasteiger partial charge is 0.247 e. The minimum absolute atomic E-state index is 0.0388. The van der Waals surface area contributed by atoms with E-state index in [4.69, 9.17) is 0 Å². The molecule has 1 aromatic heterocycles. The SMILES string of the molecule is CCc1c(C)nc(S[C@H]2CC(=O)N(c3ccc(NC(C)=O)cc3)C2=O)c(C#N)c1C. The van der Waals surface area contributed by atoms with Crippen LogP contribution in [0.4, 0.5) is 11.4 Å². The topological polar surface area (TPSA) is 103 Å². The molecule has 1 atom stereocenters. The molecule has 0 radical (unpaired) electrons. The Morgan fingerprint density at radius 1 is 1.30 bits per heavy atom. The maximum atomic E-state index is 13.0. The van der Waals surface area contributed by atoms with Gasteiger partial charge in [0.05, 0.1) is 16.5 Å². The van der Waals surface area contributed by atoms with E-state index in [1.807, 2.05) is 20.8 Å². The van der Waals surface area contributed by atoms with E-state index in [1.54, 1.807) is 24.3 Å². The molecule has 0 unspecified atom stereocenters. The van der Waals surface area contributed by atoms with Crippen LogP contribution in [0.2, 0.25) is 0 Å². The van der Waals surface area contributed by atoms with E-state index >= 15 is 0 Å². The van der Waals surface area contributed by atoms with E-state index in [0.29, 0.717) is 22.0 Å². The van der Waals surface area contributed by atoms with Crippen LogP contribution in [0.3, 0.4) is 0 Å². The van der Waals surface area contributed by atoms with E-state index in [2.05, 4.69) is 16.4 Å². The van der Waals surface area contributed by atoms with Crippen molar-refractivity contribution >= 4 is 40.9 Å². The van der Waals surface area contributed by atoms with E-state index < -0.39 is 5.25 Å². The second-order valence-electron chi connectivity index (χ2n) is 7.05. The van der Waals surface area contributed by atoms with Gasteiger partial charge in [-0.3, -0.25) is 14.4 Å². The highest BCUT2D eigenvalue weighted by molar-refractivity contribution is 8.00. The fraction of sp³-hybridized carbons (Fsp3) is 0.318. The summed E-state index contributed by atoms with van der Waals surface area (Å²) in [6.45, 7) is 7.20. The van der Waals surface area contributed by atoms with Crippen LogP contribution < -0.4 is 10.2 Å². The van der Waals surface area contributed by atoms with Crippen molar-refractivity contribution in [1.29, 1.82) is 5.26 Å². The predicted octanol–water partition coefficient (Wildman–Crippen LogP) is 3.52. The number of thioether (sulfide) groups is 1. The molecule has 0 aliphatic carbocycles. The maximum absolute atomic E-state index is 13.0. The van der Waals surface area contributed by atoms with Crippen molar-refractivity contribution in [2.45, 2.75) is 50.8 Å². The minimum atomic E-state index is -0.640. The molecule has 0 saturated carbocycles. The Labute approximate surface area is 179 Å². The van der Waals surface area contributed by atoms with Gasteiger partial charge < -0.3 is 5.32 Å². The standard InChI is InChI=1S/C22H22N4O3S/c1-5-17-12(2)18(11-23)21(24-13(17)3)30-19-10-20(28)26(22(19)29)16-8-6-15(7-9-16)25-14(4)27/h6-9,19H,5,10H2,1-4H3,(H,25,27)/t19-/m0/s1. The first-order chi connectivity index (χ1) is 14.3. The fourth-order valence-corrected chi connectivity index (χ4v) is 4.80. The van der Waals surface area contributed by atoms with E-state index in [-0.39, 0.29) is 24.1 Å². The molecule has 3 rings (SSSR count). The van der Waals surface area contributed by atoms with E-state index in [0.717, 1.165) is 28.1 Å². The summed E-state index contributed by atoms with van der Waals surface area (Å²) in [4.78, 5) is 42.4. The number of nitrogens with zero attached hydrogens (tertiary/aromatic N) is 3. The molecule has 0 spiro atoms. The zero-order chi connectivity index (χ0) is 22.0. The summed E-state index contributed by atoms with van der Waals surface area (Å²) in [7, 11) is 0. The summed E-state index contributed by atoms with van der Waals surface area (Å²) >= 11 is 1.17. The number of rotatable bonds is 5. The Hall–Kier alpha value is -3.18. The summed E-state index contributed by atoms with van der Waals surface area (Å²) < 4.78 is 0. The lowest BCUT2D eigenvalue weighted by Gasteiger charge is -2.16. The van der Waals surface area contributed by atoms with Crippen LogP contribution in [0.1, 0.15) is 42.7 Å². The van der Waals surface area contributed by atoms with Gasteiger partial charge in [-0.15, -0.1) is 0 Å². The summed E-state index contributed by atoms with van der Waals surface area (Å²) in [5, 5.41) is 12.1. The molecule has 2 heterocycles. The van der Waals surface area contributed by atoms with Crippen LogP contribution in [0.25, 0.3) is 0 Å². The number of anilines is 2. The molecule has 2 aromatic rings. The second-order valence-corrected chi connectivity index (χ2v) is 8.24. The molecular formula is C22H22N4O3S. The lowest BCUT2D eigenvalue weighted by Crippen LogP contribution is -2.31. The van der Waals surface area contributed by atoms with Crippen molar-refractivity contribution in [3.63, 3.8) is 0 Å². The van der Waals surface area contributed by atoms with Gasteiger partial charge in [-0.2, -0.15) is 5.26 Å². The lowest BCUT2D eigenvalue weighted by atomic mass is 10.0. The number of imide groups is 1. The van der Waals surface area contributed by atoms with E-state index in [9.17, 15) is 19.6 Å². The number of amides is 3. The number of nitrogens with one attached hydrogen (secondary N) is 1. The lowest BCUT2D eigenvalue weighted by molar-refractivity contribution is -0.121. The number of benzene rings is 1. The first-order valence-electron chi connectivity index (χ1n) is 9.58. The van der Waals surface area contributed by atoms with Crippen molar-refractivity contribution in [1.82, 2.24) is 4.98 Å². The average molecular weight is 423 g/mol. The number of hydrogen-bond acceptors (Lipinski definition) is 6. The summed E-state index contributed by atoms with van der Waals surface area (Å²) in [5.74, 6) is -0.840. The number of aryl methyl sites for hydroxylation is 1. The molecule has 1 N–H and O–H groups in total. The summed E-state index contributed by atoms with van der Waals surface area (Å²) in [6, 6.07) is 8.73. The Kier molecular flexibility index (Phi) is 6.22. The number of carbonyl (C=O) groups excluding carboxylic acids is 3. The highest BCUT2D eigenvalue weighted by Crippen LogP contribution is 2.36. The van der Waals surface area contributed by atoms with Gasteiger partial charge in [-0.25, -0.2) is 9.88 Å². The largest absolute Gasteiger partial charge is 0.326 e. The van der Waals surface area contributed by atoms with Gasteiger partial charge in [0.15, 0.2) is 0 Å². The number of aromatic nitrogens is 1. The van der Waals surface area contributed by atoms with Gasteiger partial charge >= 0.3 is 0 Å². The first-order valence-corrected chi connectivity index (χ1v) is 10.5. The van der Waals surface area contributed by atoms with Gasteiger partial charge in [0, 0.05) is 24.7 Å². The number of nitriles is 1. The van der Waals surface area contributed by atoms with Gasteiger partial charge in [-0.05, 0) is 55.7 Å². The molecule has 1 saturated heterocycles. The van der Waals surface area contributed by atoms with Crippen molar-refractivity contribution in [3.05, 3.63) is 46.6 Å². The number of carbonyl (C=O) groups is 3. The van der Waals surface area contributed by atoms with Crippen molar-refractivity contribution < 1.29 is 14.4 Å². The van der Waals surface area contributed by atoms with Gasteiger partial charge in [0.1, 0.15) is 11.1 Å². The third-order valence-corrected chi connectivity index (χ3v) is 6.19. The van der Waals surface area contributed by atoms with Gasteiger partial charge in [0.2, 0.25) is 17.7 Å². The van der Waals surface area contributed by atoms with Crippen LogP contribution in [0, 0.1) is 25.2 Å². The zero-order valence-electron chi connectivity index (χ0n) is 17.3. The molecule has 1 aliphatic heterocycles.